The highest BCUT2D eigenvalue weighted by atomic mass is 16.4. The van der Waals surface area contributed by atoms with Crippen LogP contribution in [0.25, 0.3) is 0 Å². The minimum atomic E-state index is -0.873. The molecule has 18 heavy (non-hydrogen) atoms. The molecule has 0 radical (unpaired) electrons. The van der Waals surface area contributed by atoms with Crippen molar-refractivity contribution in [1.82, 2.24) is 9.97 Å². The van der Waals surface area contributed by atoms with Gasteiger partial charge >= 0.3 is 5.97 Å². The maximum atomic E-state index is 11.1. The number of carboxylic acid groups (broad SMARTS) is 1. The first-order valence-corrected chi connectivity index (χ1v) is 5.71. The largest absolute Gasteiger partial charge is 0.480 e. The monoisotopic (exact) mass is 245 g/mol. The molecule has 0 amide bonds. The standard InChI is InChI=1S/C13H15N3O2/c1-10(12(17)18)16(13-14-7-8-15-13)9-11-5-3-2-4-6-11/h2-8,10H,9H2,1H3,(H,14,15)(H,17,18)/t10-/m1/s1. The number of nitrogens with zero attached hydrogens (tertiary/aromatic N) is 2. The number of aromatic amines is 1. The minimum absolute atomic E-state index is 0.502. The molecule has 0 saturated carbocycles. The van der Waals surface area contributed by atoms with E-state index < -0.39 is 12.0 Å². The van der Waals surface area contributed by atoms with E-state index in [9.17, 15) is 4.79 Å². The van der Waals surface area contributed by atoms with Gasteiger partial charge in [-0.3, -0.25) is 0 Å². The molecule has 2 rings (SSSR count). The van der Waals surface area contributed by atoms with E-state index in [1.54, 1.807) is 24.2 Å². The summed E-state index contributed by atoms with van der Waals surface area (Å²) < 4.78 is 0. The van der Waals surface area contributed by atoms with E-state index in [4.69, 9.17) is 5.11 Å². The van der Waals surface area contributed by atoms with Gasteiger partial charge in [0.15, 0.2) is 0 Å². The van der Waals surface area contributed by atoms with Crippen LogP contribution in [0.5, 0.6) is 0 Å². The third kappa shape index (κ3) is 2.68. The molecule has 1 aromatic heterocycles. The summed E-state index contributed by atoms with van der Waals surface area (Å²) in [7, 11) is 0. The fourth-order valence-electron chi connectivity index (χ4n) is 1.72. The van der Waals surface area contributed by atoms with Crippen LogP contribution in [0.4, 0.5) is 5.95 Å². The molecule has 1 aromatic carbocycles. The summed E-state index contributed by atoms with van der Waals surface area (Å²) in [5, 5.41) is 9.15. The molecule has 5 heteroatoms. The van der Waals surface area contributed by atoms with E-state index >= 15 is 0 Å². The molecule has 0 bridgehead atoms. The number of rotatable bonds is 5. The van der Waals surface area contributed by atoms with Crippen molar-refractivity contribution >= 4 is 11.9 Å². The second-order valence-electron chi connectivity index (χ2n) is 4.04. The third-order valence-corrected chi connectivity index (χ3v) is 2.78. The van der Waals surface area contributed by atoms with Crippen LogP contribution in [-0.4, -0.2) is 27.1 Å². The number of imidazole rings is 1. The number of nitrogens with one attached hydrogen (secondary N) is 1. The van der Waals surface area contributed by atoms with Crippen molar-refractivity contribution in [2.75, 3.05) is 4.90 Å². The first kappa shape index (κ1) is 12.2. The Bertz CT molecular complexity index is 496. The molecule has 94 valence electrons. The average molecular weight is 245 g/mol. The lowest BCUT2D eigenvalue weighted by Gasteiger charge is -2.26. The molecule has 0 aliphatic heterocycles. The highest BCUT2D eigenvalue weighted by Gasteiger charge is 2.22. The van der Waals surface area contributed by atoms with E-state index in [-0.39, 0.29) is 0 Å². The van der Waals surface area contributed by atoms with Crippen LogP contribution in [-0.2, 0) is 11.3 Å². The Labute approximate surface area is 105 Å². The van der Waals surface area contributed by atoms with Gasteiger partial charge in [-0.2, -0.15) is 0 Å². The Balaban J connectivity index is 2.23. The molecular formula is C13H15N3O2. The molecule has 0 spiro atoms. The van der Waals surface area contributed by atoms with Crippen LogP contribution in [0.15, 0.2) is 42.7 Å². The fourth-order valence-corrected chi connectivity index (χ4v) is 1.72. The number of H-pyrrole nitrogens is 1. The third-order valence-electron chi connectivity index (χ3n) is 2.78. The number of anilines is 1. The normalized spacial score (nSPS) is 12.1. The van der Waals surface area contributed by atoms with Crippen LogP contribution < -0.4 is 4.90 Å². The van der Waals surface area contributed by atoms with Crippen LogP contribution in [0.1, 0.15) is 12.5 Å². The molecule has 0 aliphatic rings. The summed E-state index contributed by atoms with van der Waals surface area (Å²) >= 11 is 0. The highest BCUT2D eigenvalue weighted by Crippen LogP contribution is 2.15. The van der Waals surface area contributed by atoms with E-state index in [0.29, 0.717) is 12.5 Å². The van der Waals surface area contributed by atoms with Crippen LogP contribution in [0.2, 0.25) is 0 Å². The molecule has 0 unspecified atom stereocenters. The van der Waals surface area contributed by atoms with Crippen molar-refractivity contribution in [1.29, 1.82) is 0 Å². The zero-order chi connectivity index (χ0) is 13.0. The predicted octanol–water partition coefficient (Wildman–Crippen LogP) is 1.89. The number of carboxylic acids is 1. The van der Waals surface area contributed by atoms with Crippen molar-refractivity contribution in [3.8, 4) is 0 Å². The fraction of sp³-hybridized carbons (Fsp3) is 0.231. The summed E-state index contributed by atoms with van der Waals surface area (Å²) in [4.78, 5) is 19.9. The van der Waals surface area contributed by atoms with Crippen LogP contribution >= 0.6 is 0 Å². The van der Waals surface area contributed by atoms with Gasteiger partial charge in [0, 0.05) is 18.9 Å². The van der Waals surface area contributed by atoms with Crippen molar-refractivity contribution in [2.45, 2.75) is 19.5 Å². The first-order chi connectivity index (χ1) is 8.68. The van der Waals surface area contributed by atoms with Crippen molar-refractivity contribution in [3.05, 3.63) is 48.3 Å². The molecule has 0 saturated heterocycles. The van der Waals surface area contributed by atoms with Crippen LogP contribution in [0.3, 0.4) is 0 Å². The van der Waals surface area contributed by atoms with Gasteiger partial charge in [0.05, 0.1) is 0 Å². The average Bonchev–Trinajstić information content (AvgIpc) is 2.90. The molecule has 1 atom stereocenters. The smallest absolute Gasteiger partial charge is 0.326 e. The van der Waals surface area contributed by atoms with Gasteiger partial charge in [-0.1, -0.05) is 30.3 Å². The summed E-state index contributed by atoms with van der Waals surface area (Å²) in [5.41, 5.74) is 1.04. The summed E-state index contributed by atoms with van der Waals surface area (Å²) in [5.74, 6) is -0.309. The Morgan fingerprint density at radius 3 is 2.72 bits per heavy atom. The maximum Gasteiger partial charge on any atom is 0.326 e. The van der Waals surface area contributed by atoms with E-state index in [1.807, 2.05) is 30.3 Å². The Morgan fingerprint density at radius 2 is 2.17 bits per heavy atom. The summed E-state index contributed by atoms with van der Waals surface area (Å²) in [6.45, 7) is 2.15. The molecular weight excluding hydrogens is 230 g/mol. The summed E-state index contributed by atoms with van der Waals surface area (Å²) in [6.07, 6.45) is 3.30. The van der Waals surface area contributed by atoms with Crippen molar-refractivity contribution in [2.24, 2.45) is 0 Å². The second-order valence-corrected chi connectivity index (χ2v) is 4.04. The molecule has 2 N–H and O–H groups in total. The maximum absolute atomic E-state index is 11.1. The van der Waals surface area contributed by atoms with Gasteiger partial charge in [-0.25, -0.2) is 9.78 Å². The van der Waals surface area contributed by atoms with Gasteiger partial charge in [-0.05, 0) is 12.5 Å². The number of hydrogen-bond donors (Lipinski definition) is 2. The number of carbonyl (C=O) groups is 1. The molecule has 2 aromatic rings. The number of hydrogen-bond acceptors (Lipinski definition) is 3. The Kier molecular flexibility index (Phi) is 3.62. The quantitative estimate of drug-likeness (QED) is 0.844. The number of aliphatic carboxylic acids is 1. The lowest BCUT2D eigenvalue weighted by atomic mass is 10.2. The zero-order valence-electron chi connectivity index (χ0n) is 10.1. The van der Waals surface area contributed by atoms with E-state index in [2.05, 4.69) is 9.97 Å². The molecule has 0 fully saturated rings. The van der Waals surface area contributed by atoms with Crippen molar-refractivity contribution in [3.63, 3.8) is 0 Å². The number of aromatic nitrogens is 2. The van der Waals surface area contributed by atoms with E-state index in [1.165, 1.54) is 0 Å². The summed E-state index contributed by atoms with van der Waals surface area (Å²) in [6, 6.07) is 9.08. The van der Waals surface area contributed by atoms with E-state index in [0.717, 1.165) is 5.56 Å². The molecule has 1 heterocycles. The molecule has 5 nitrogen and oxygen atoms in total. The highest BCUT2D eigenvalue weighted by molar-refractivity contribution is 5.76. The lowest BCUT2D eigenvalue weighted by Crippen LogP contribution is -2.39. The topological polar surface area (TPSA) is 69.2 Å². The number of benzene rings is 1. The SMILES string of the molecule is C[C@H](C(=O)O)N(Cc1ccccc1)c1ncc[nH]1. The van der Waals surface area contributed by atoms with Gasteiger partial charge in [0.1, 0.15) is 6.04 Å². The van der Waals surface area contributed by atoms with Gasteiger partial charge < -0.3 is 15.0 Å². The van der Waals surface area contributed by atoms with Crippen LogP contribution in [0, 0.1) is 0 Å². The second kappa shape index (κ2) is 5.35. The van der Waals surface area contributed by atoms with Gasteiger partial charge in [0.25, 0.3) is 0 Å². The lowest BCUT2D eigenvalue weighted by molar-refractivity contribution is -0.138. The Morgan fingerprint density at radius 1 is 1.44 bits per heavy atom. The Hall–Kier alpha value is -2.30. The van der Waals surface area contributed by atoms with Gasteiger partial charge in [-0.15, -0.1) is 0 Å². The first-order valence-electron chi connectivity index (χ1n) is 5.71. The van der Waals surface area contributed by atoms with Crippen molar-refractivity contribution < 1.29 is 9.90 Å². The predicted molar refractivity (Wildman–Crippen MR) is 68.3 cm³/mol. The zero-order valence-corrected chi connectivity index (χ0v) is 10.1. The minimum Gasteiger partial charge on any atom is -0.480 e. The molecule has 0 aliphatic carbocycles. The van der Waals surface area contributed by atoms with Gasteiger partial charge in [0.2, 0.25) is 5.95 Å².